The number of methoxy groups -OCH3 is 2. The Morgan fingerprint density at radius 2 is 1.64 bits per heavy atom. The van der Waals surface area contributed by atoms with Crippen molar-refractivity contribution in [2.75, 3.05) is 33.9 Å². The predicted octanol–water partition coefficient (Wildman–Crippen LogP) is 3.98. The molecule has 0 spiro atoms. The molecular formula is C23H31NO4. The molecule has 0 amide bonds. The molecule has 0 saturated carbocycles. The Labute approximate surface area is 167 Å². The molecule has 1 N–H and O–H groups in total. The molecule has 0 aliphatic carbocycles. The highest BCUT2D eigenvalue weighted by atomic mass is 16.5. The molecule has 5 nitrogen and oxygen atoms in total. The number of nitrogens with zero attached hydrogens (tertiary/aromatic N) is 1. The van der Waals surface area contributed by atoms with Crippen molar-refractivity contribution < 1.29 is 19.3 Å². The van der Waals surface area contributed by atoms with Gasteiger partial charge in [-0.2, -0.15) is 0 Å². The minimum atomic E-state index is -0.848. The standard InChI is InChI=1S/C23H31NO4/c1-4-16-28-22-18(8-7-11-21(22)27-3)17-24-14-12-23(25,13-15-24)19-9-5-6-10-20(19)26-2/h5-11,25H,4,12-17H2,1-3H3. The Balaban J connectivity index is 1.71. The molecule has 0 atom stereocenters. The highest BCUT2D eigenvalue weighted by molar-refractivity contribution is 5.46. The molecule has 1 aliphatic rings. The third-order valence-electron chi connectivity index (χ3n) is 5.42. The first-order chi connectivity index (χ1) is 13.6. The van der Waals surface area contributed by atoms with Crippen LogP contribution in [0, 0.1) is 0 Å². The van der Waals surface area contributed by atoms with E-state index in [0.29, 0.717) is 19.4 Å². The molecule has 0 aromatic heterocycles. The van der Waals surface area contributed by atoms with Crippen LogP contribution in [-0.2, 0) is 12.1 Å². The van der Waals surface area contributed by atoms with E-state index < -0.39 is 5.60 Å². The van der Waals surface area contributed by atoms with Gasteiger partial charge in [0.15, 0.2) is 11.5 Å². The van der Waals surface area contributed by atoms with Crippen molar-refractivity contribution in [3.8, 4) is 17.2 Å². The maximum Gasteiger partial charge on any atom is 0.165 e. The Morgan fingerprint density at radius 1 is 0.964 bits per heavy atom. The van der Waals surface area contributed by atoms with Gasteiger partial charge in [0.05, 0.1) is 26.4 Å². The van der Waals surface area contributed by atoms with Crippen LogP contribution < -0.4 is 14.2 Å². The maximum atomic E-state index is 11.2. The summed E-state index contributed by atoms with van der Waals surface area (Å²) < 4.78 is 16.9. The number of para-hydroxylation sites is 2. The van der Waals surface area contributed by atoms with Crippen LogP contribution in [0.15, 0.2) is 42.5 Å². The van der Waals surface area contributed by atoms with Crippen molar-refractivity contribution in [3.05, 3.63) is 53.6 Å². The lowest BCUT2D eigenvalue weighted by atomic mass is 9.83. The van der Waals surface area contributed by atoms with Crippen LogP contribution in [0.25, 0.3) is 0 Å². The quantitative estimate of drug-likeness (QED) is 0.745. The van der Waals surface area contributed by atoms with Crippen molar-refractivity contribution in [3.63, 3.8) is 0 Å². The summed E-state index contributed by atoms with van der Waals surface area (Å²) in [5.41, 5.74) is 1.15. The van der Waals surface area contributed by atoms with Gasteiger partial charge in [0, 0.05) is 30.8 Å². The third-order valence-corrected chi connectivity index (χ3v) is 5.42. The second-order valence-corrected chi connectivity index (χ2v) is 7.30. The van der Waals surface area contributed by atoms with Crippen molar-refractivity contribution in [1.82, 2.24) is 4.90 Å². The minimum Gasteiger partial charge on any atom is -0.496 e. The van der Waals surface area contributed by atoms with E-state index in [1.165, 1.54) is 0 Å². The second kappa shape index (κ2) is 9.30. The van der Waals surface area contributed by atoms with Crippen LogP contribution in [0.5, 0.6) is 17.2 Å². The van der Waals surface area contributed by atoms with Gasteiger partial charge in [0.25, 0.3) is 0 Å². The fourth-order valence-electron chi connectivity index (χ4n) is 3.83. The van der Waals surface area contributed by atoms with Gasteiger partial charge in [-0.05, 0) is 31.4 Å². The van der Waals surface area contributed by atoms with E-state index in [-0.39, 0.29) is 0 Å². The van der Waals surface area contributed by atoms with Crippen LogP contribution >= 0.6 is 0 Å². The number of hydrogen-bond acceptors (Lipinski definition) is 5. The lowest BCUT2D eigenvalue weighted by Gasteiger charge is -2.39. The summed E-state index contributed by atoms with van der Waals surface area (Å²) >= 11 is 0. The maximum absolute atomic E-state index is 11.2. The predicted molar refractivity (Wildman–Crippen MR) is 110 cm³/mol. The summed E-state index contributed by atoms with van der Waals surface area (Å²) in [6, 6.07) is 13.8. The number of benzene rings is 2. The summed E-state index contributed by atoms with van der Waals surface area (Å²) in [4.78, 5) is 2.36. The van der Waals surface area contributed by atoms with E-state index >= 15 is 0 Å². The van der Waals surface area contributed by atoms with Gasteiger partial charge >= 0.3 is 0 Å². The molecule has 1 fully saturated rings. The molecule has 152 valence electrons. The van der Waals surface area contributed by atoms with E-state index in [2.05, 4.69) is 17.9 Å². The summed E-state index contributed by atoms with van der Waals surface area (Å²) in [7, 11) is 3.32. The van der Waals surface area contributed by atoms with E-state index in [4.69, 9.17) is 14.2 Å². The molecule has 0 radical (unpaired) electrons. The highest BCUT2D eigenvalue weighted by Gasteiger charge is 2.36. The molecule has 5 heteroatoms. The lowest BCUT2D eigenvalue weighted by Crippen LogP contribution is -2.42. The van der Waals surface area contributed by atoms with Gasteiger partial charge in [-0.1, -0.05) is 37.3 Å². The van der Waals surface area contributed by atoms with Gasteiger partial charge in [-0.25, -0.2) is 0 Å². The Morgan fingerprint density at radius 3 is 2.32 bits per heavy atom. The summed E-state index contributed by atoms with van der Waals surface area (Å²) in [5.74, 6) is 2.35. The second-order valence-electron chi connectivity index (χ2n) is 7.30. The van der Waals surface area contributed by atoms with Gasteiger partial charge < -0.3 is 19.3 Å². The average molecular weight is 386 g/mol. The van der Waals surface area contributed by atoms with Crippen LogP contribution in [0.2, 0.25) is 0 Å². The molecule has 2 aromatic carbocycles. The molecule has 28 heavy (non-hydrogen) atoms. The molecular weight excluding hydrogens is 354 g/mol. The zero-order chi connectivity index (χ0) is 20.0. The molecule has 1 saturated heterocycles. The van der Waals surface area contributed by atoms with Crippen LogP contribution in [0.1, 0.15) is 37.3 Å². The SMILES string of the molecule is CCCOc1c(CN2CCC(O)(c3ccccc3OC)CC2)cccc1OC. The van der Waals surface area contributed by atoms with Crippen LogP contribution in [-0.4, -0.2) is 43.9 Å². The number of rotatable bonds is 8. The monoisotopic (exact) mass is 385 g/mol. The minimum absolute atomic E-state index is 0.668. The topological polar surface area (TPSA) is 51.2 Å². The van der Waals surface area contributed by atoms with E-state index in [1.807, 2.05) is 36.4 Å². The lowest BCUT2D eigenvalue weighted by molar-refractivity contribution is -0.0293. The average Bonchev–Trinajstić information content (AvgIpc) is 2.74. The van der Waals surface area contributed by atoms with Crippen LogP contribution in [0.3, 0.4) is 0 Å². The largest absolute Gasteiger partial charge is 0.496 e. The fourth-order valence-corrected chi connectivity index (χ4v) is 3.83. The van der Waals surface area contributed by atoms with E-state index in [9.17, 15) is 5.11 Å². The number of ether oxygens (including phenoxy) is 3. The zero-order valence-electron chi connectivity index (χ0n) is 17.1. The van der Waals surface area contributed by atoms with Gasteiger partial charge in [0.1, 0.15) is 5.75 Å². The first-order valence-corrected chi connectivity index (χ1v) is 9.98. The third kappa shape index (κ3) is 4.42. The van der Waals surface area contributed by atoms with Crippen molar-refractivity contribution in [1.29, 1.82) is 0 Å². The Kier molecular flexibility index (Phi) is 6.81. The molecule has 0 bridgehead atoms. The van der Waals surface area contributed by atoms with E-state index in [0.717, 1.165) is 54.4 Å². The van der Waals surface area contributed by atoms with Crippen molar-refractivity contribution >= 4 is 0 Å². The van der Waals surface area contributed by atoms with Crippen LogP contribution in [0.4, 0.5) is 0 Å². The summed E-state index contributed by atoms with van der Waals surface area (Å²) in [5, 5.41) is 11.2. The molecule has 3 rings (SSSR count). The van der Waals surface area contributed by atoms with Crippen molar-refractivity contribution in [2.24, 2.45) is 0 Å². The molecule has 1 aliphatic heterocycles. The fraction of sp³-hybridized carbons (Fsp3) is 0.478. The van der Waals surface area contributed by atoms with Crippen molar-refractivity contribution in [2.45, 2.75) is 38.3 Å². The zero-order valence-corrected chi connectivity index (χ0v) is 17.1. The first kappa shape index (κ1) is 20.5. The van der Waals surface area contributed by atoms with Gasteiger partial charge in [-0.15, -0.1) is 0 Å². The van der Waals surface area contributed by atoms with Gasteiger partial charge in [-0.3, -0.25) is 4.90 Å². The molecule has 1 heterocycles. The normalized spacial score (nSPS) is 16.6. The number of piperidine rings is 1. The summed E-state index contributed by atoms with van der Waals surface area (Å²) in [6.07, 6.45) is 2.29. The van der Waals surface area contributed by atoms with Gasteiger partial charge in [0.2, 0.25) is 0 Å². The Hall–Kier alpha value is -2.24. The number of likely N-dealkylation sites (tertiary alicyclic amines) is 1. The first-order valence-electron chi connectivity index (χ1n) is 9.98. The van der Waals surface area contributed by atoms with E-state index in [1.54, 1.807) is 14.2 Å². The molecule has 2 aromatic rings. The Bertz CT molecular complexity index is 769. The smallest absolute Gasteiger partial charge is 0.165 e. The highest BCUT2D eigenvalue weighted by Crippen LogP contribution is 2.39. The summed E-state index contributed by atoms with van der Waals surface area (Å²) in [6.45, 7) is 5.15. The molecule has 0 unspecified atom stereocenters. The number of aliphatic hydroxyl groups is 1. The number of hydrogen-bond donors (Lipinski definition) is 1.